The van der Waals surface area contributed by atoms with Crippen LogP contribution in [-0.4, -0.2) is 10.2 Å². The minimum atomic E-state index is 0.791. The molecule has 2 heterocycles. The van der Waals surface area contributed by atoms with Gasteiger partial charge in [0.2, 0.25) is 0 Å². The van der Waals surface area contributed by atoms with Crippen molar-refractivity contribution >= 4 is 38.6 Å². The summed E-state index contributed by atoms with van der Waals surface area (Å²) in [6.07, 6.45) is 0. The Kier molecular flexibility index (Phi) is 3.85. The lowest BCUT2D eigenvalue weighted by atomic mass is 10.3. The van der Waals surface area contributed by atoms with Crippen molar-refractivity contribution in [2.24, 2.45) is 0 Å². The third-order valence-electron chi connectivity index (χ3n) is 1.79. The highest BCUT2D eigenvalue weighted by molar-refractivity contribution is 9.11. The first kappa shape index (κ1) is 11.2. The second-order valence-electron chi connectivity index (χ2n) is 3.08. The minimum Gasteiger partial charge on any atom is -0.306 e. The Morgan fingerprint density at radius 1 is 1.40 bits per heavy atom. The monoisotopic (exact) mass is 303 g/mol. The highest BCUT2D eigenvalue weighted by atomic mass is 79.9. The second kappa shape index (κ2) is 5.16. The van der Waals surface area contributed by atoms with Crippen LogP contribution in [-0.2, 0) is 13.1 Å². The van der Waals surface area contributed by atoms with Crippen LogP contribution in [0.15, 0.2) is 15.2 Å². The Hall–Kier alpha value is -0.300. The molecule has 2 aromatic rings. The molecule has 0 aromatic carbocycles. The molecule has 80 valence electrons. The van der Waals surface area contributed by atoms with Crippen molar-refractivity contribution in [3.8, 4) is 0 Å². The van der Waals surface area contributed by atoms with Crippen LogP contribution in [0, 0.1) is 6.92 Å². The van der Waals surface area contributed by atoms with Crippen LogP contribution in [0.1, 0.15) is 15.6 Å². The van der Waals surface area contributed by atoms with Crippen molar-refractivity contribution in [3.63, 3.8) is 0 Å². The second-order valence-corrected chi connectivity index (χ2v) is 6.63. The highest BCUT2D eigenvalue weighted by Gasteiger charge is 2.00. The topological polar surface area (TPSA) is 37.8 Å². The fourth-order valence-corrected chi connectivity index (χ4v) is 3.05. The van der Waals surface area contributed by atoms with Gasteiger partial charge in [0, 0.05) is 13.1 Å². The molecule has 0 radical (unpaired) electrons. The lowest BCUT2D eigenvalue weighted by molar-refractivity contribution is 0.685. The molecule has 0 saturated heterocycles. The number of nitrogens with one attached hydrogen (secondary N) is 1. The number of nitrogens with zero attached hydrogens (tertiary/aromatic N) is 2. The fourth-order valence-electron chi connectivity index (χ4n) is 1.16. The van der Waals surface area contributed by atoms with Crippen LogP contribution >= 0.6 is 38.6 Å². The third kappa shape index (κ3) is 3.34. The van der Waals surface area contributed by atoms with Gasteiger partial charge in [-0.25, -0.2) is 0 Å². The van der Waals surface area contributed by atoms with E-state index in [1.54, 1.807) is 22.7 Å². The summed E-state index contributed by atoms with van der Waals surface area (Å²) in [6, 6.07) is 2.13. The summed E-state index contributed by atoms with van der Waals surface area (Å²) < 4.78 is 1.17. The third-order valence-corrected chi connectivity index (χ3v) is 4.19. The summed E-state index contributed by atoms with van der Waals surface area (Å²) >= 11 is 6.79. The largest absolute Gasteiger partial charge is 0.306 e. The van der Waals surface area contributed by atoms with Crippen molar-refractivity contribution in [2.75, 3.05) is 0 Å². The van der Waals surface area contributed by atoms with Gasteiger partial charge in [-0.3, -0.25) is 0 Å². The first-order valence-corrected chi connectivity index (χ1v) is 6.95. The highest BCUT2D eigenvalue weighted by Crippen LogP contribution is 2.20. The Bertz CT molecular complexity index is 398. The van der Waals surface area contributed by atoms with Crippen LogP contribution < -0.4 is 5.32 Å². The number of hydrogen-bond donors (Lipinski definition) is 1. The molecule has 1 N–H and O–H groups in total. The van der Waals surface area contributed by atoms with E-state index >= 15 is 0 Å². The van der Waals surface area contributed by atoms with E-state index < -0.39 is 0 Å². The predicted molar refractivity (Wildman–Crippen MR) is 67.2 cm³/mol. The van der Waals surface area contributed by atoms with Crippen LogP contribution in [0.2, 0.25) is 0 Å². The van der Waals surface area contributed by atoms with E-state index in [0.29, 0.717) is 0 Å². The van der Waals surface area contributed by atoms with E-state index in [-0.39, 0.29) is 0 Å². The molecule has 0 fully saturated rings. The Balaban J connectivity index is 1.80. The molecule has 2 aromatic heterocycles. The van der Waals surface area contributed by atoms with Crippen LogP contribution in [0.5, 0.6) is 0 Å². The standard InChI is InChI=1S/C9H10BrN3S2/c1-6-12-13-9(15-6)4-11-3-7-2-8(10)14-5-7/h2,5,11H,3-4H2,1H3. The summed E-state index contributed by atoms with van der Waals surface area (Å²) in [5.41, 5.74) is 1.30. The maximum atomic E-state index is 4.05. The van der Waals surface area contributed by atoms with E-state index in [4.69, 9.17) is 0 Å². The normalized spacial score (nSPS) is 10.8. The van der Waals surface area contributed by atoms with Crippen molar-refractivity contribution < 1.29 is 0 Å². The summed E-state index contributed by atoms with van der Waals surface area (Å²) in [4.78, 5) is 0. The molecule has 2 rings (SSSR count). The number of thiophene rings is 1. The van der Waals surface area contributed by atoms with E-state index in [2.05, 4.69) is 42.9 Å². The van der Waals surface area contributed by atoms with Crippen molar-refractivity contribution in [2.45, 2.75) is 20.0 Å². The van der Waals surface area contributed by atoms with Gasteiger partial charge in [-0.2, -0.15) is 0 Å². The smallest absolute Gasteiger partial charge is 0.131 e. The Labute approximate surface area is 105 Å². The Morgan fingerprint density at radius 2 is 2.27 bits per heavy atom. The van der Waals surface area contributed by atoms with Gasteiger partial charge in [0.25, 0.3) is 0 Å². The summed E-state index contributed by atoms with van der Waals surface area (Å²) in [6.45, 7) is 3.64. The van der Waals surface area contributed by atoms with Gasteiger partial charge >= 0.3 is 0 Å². The maximum absolute atomic E-state index is 4.05. The van der Waals surface area contributed by atoms with Crippen molar-refractivity contribution in [1.82, 2.24) is 15.5 Å². The average molecular weight is 304 g/mol. The molecule has 0 aliphatic heterocycles. The quantitative estimate of drug-likeness (QED) is 0.943. The van der Waals surface area contributed by atoms with Crippen LogP contribution in [0.4, 0.5) is 0 Å². The molecule has 0 spiro atoms. The molecule has 0 unspecified atom stereocenters. The SMILES string of the molecule is Cc1nnc(CNCc2csc(Br)c2)s1. The summed E-state index contributed by atoms with van der Waals surface area (Å²) in [5, 5.41) is 15.6. The van der Waals surface area contributed by atoms with Gasteiger partial charge in [-0.1, -0.05) is 0 Å². The van der Waals surface area contributed by atoms with Gasteiger partial charge in [0.05, 0.1) is 3.79 Å². The van der Waals surface area contributed by atoms with Gasteiger partial charge in [0.15, 0.2) is 0 Å². The maximum Gasteiger partial charge on any atom is 0.131 e. The number of aromatic nitrogens is 2. The van der Waals surface area contributed by atoms with Gasteiger partial charge < -0.3 is 5.32 Å². The molecule has 0 amide bonds. The first-order valence-electron chi connectivity index (χ1n) is 4.46. The van der Waals surface area contributed by atoms with Crippen molar-refractivity contribution in [3.05, 3.63) is 30.8 Å². The van der Waals surface area contributed by atoms with E-state index in [1.165, 1.54) is 9.35 Å². The molecule has 0 bridgehead atoms. The molecule has 0 aliphatic carbocycles. The molecular formula is C9H10BrN3S2. The summed E-state index contributed by atoms with van der Waals surface area (Å²) in [7, 11) is 0. The number of aryl methyl sites for hydroxylation is 1. The van der Waals surface area contributed by atoms with Crippen LogP contribution in [0.3, 0.4) is 0 Å². The van der Waals surface area contributed by atoms with Crippen LogP contribution in [0.25, 0.3) is 0 Å². The summed E-state index contributed by atoms with van der Waals surface area (Å²) in [5.74, 6) is 0. The molecular weight excluding hydrogens is 294 g/mol. The van der Waals surface area contributed by atoms with Gasteiger partial charge in [0.1, 0.15) is 10.0 Å². The van der Waals surface area contributed by atoms with E-state index in [1.807, 2.05) is 6.92 Å². The number of hydrogen-bond acceptors (Lipinski definition) is 5. The van der Waals surface area contributed by atoms with Gasteiger partial charge in [-0.05, 0) is 39.9 Å². The zero-order chi connectivity index (χ0) is 10.7. The molecule has 15 heavy (non-hydrogen) atoms. The molecule has 3 nitrogen and oxygen atoms in total. The zero-order valence-electron chi connectivity index (χ0n) is 8.16. The number of rotatable bonds is 4. The molecule has 0 atom stereocenters. The lowest BCUT2D eigenvalue weighted by Crippen LogP contribution is -2.11. The zero-order valence-corrected chi connectivity index (χ0v) is 11.4. The average Bonchev–Trinajstić information content (AvgIpc) is 2.76. The molecule has 0 saturated carbocycles. The predicted octanol–water partition coefficient (Wildman–Crippen LogP) is 2.96. The van der Waals surface area contributed by atoms with E-state index in [0.717, 1.165) is 23.1 Å². The molecule has 6 heteroatoms. The molecule has 0 aliphatic rings. The first-order chi connectivity index (χ1) is 7.24. The number of halogens is 1. The minimum absolute atomic E-state index is 0.791. The van der Waals surface area contributed by atoms with E-state index in [9.17, 15) is 0 Å². The lowest BCUT2D eigenvalue weighted by Gasteiger charge is -1.98. The van der Waals surface area contributed by atoms with Crippen molar-refractivity contribution in [1.29, 1.82) is 0 Å². The van der Waals surface area contributed by atoms with Gasteiger partial charge in [-0.15, -0.1) is 32.9 Å². The Morgan fingerprint density at radius 3 is 2.87 bits per heavy atom. The fraction of sp³-hybridized carbons (Fsp3) is 0.333.